The third-order valence-corrected chi connectivity index (χ3v) is 7.03. The number of methoxy groups -OCH3 is 1. The molecule has 3 fully saturated rings. The monoisotopic (exact) mass is 366 g/mol. The third kappa shape index (κ3) is 3.27. The number of aryl methyl sites for hydroxylation is 1. The highest BCUT2D eigenvalue weighted by molar-refractivity contribution is 7.89. The lowest BCUT2D eigenvalue weighted by atomic mass is 9.94. The van der Waals surface area contributed by atoms with Crippen LogP contribution < -0.4 is 4.74 Å². The Morgan fingerprint density at radius 2 is 2.00 bits per heavy atom. The second-order valence-electron chi connectivity index (χ2n) is 6.94. The van der Waals surface area contributed by atoms with Crippen LogP contribution in [-0.4, -0.2) is 56.3 Å². The summed E-state index contributed by atoms with van der Waals surface area (Å²) >= 11 is 0. The van der Waals surface area contributed by atoms with E-state index in [-0.39, 0.29) is 29.3 Å². The Kier molecular flexibility index (Phi) is 5.06. The number of hydrogen-bond acceptors (Lipinski definition) is 4. The number of fused-ring (bicyclic) bond motifs is 4. The highest BCUT2D eigenvalue weighted by Gasteiger charge is 2.44. The van der Waals surface area contributed by atoms with Gasteiger partial charge in [0.15, 0.2) is 0 Å². The minimum Gasteiger partial charge on any atom is -0.495 e. The van der Waals surface area contributed by atoms with E-state index >= 15 is 0 Å². The Labute approximate surface area is 149 Å². The van der Waals surface area contributed by atoms with Crippen LogP contribution in [0.5, 0.6) is 5.75 Å². The molecule has 138 valence electrons. The SMILES string of the molecule is CCCN1C(=O)C2CCC1CN(S(=O)(=O)c1ccc(C)cc1OC)C2. The van der Waals surface area contributed by atoms with Crippen LogP contribution >= 0.6 is 0 Å². The summed E-state index contributed by atoms with van der Waals surface area (Å²) in [4.78, 5) is 14.7. The molecule has 3 saturated heterocycles. The maximum Gasteiger partial charge on any atom is 0.246 e. The van der Waals surface area contributed by atoms with E-state index in [0.29, 0.717) is 18.8 Å². The van der Waals surface area contributed by atoms with Gasteiger partial charge in [-0.15, -0.1) is 0 Å². The summed E-state index contributed by atoms with van der Waals surface area (Å²) in [5.74, 6) is 0.219. The summed E-state index contributed by atoms with van der Waals surface area (Å²) in [5.41, 5.74) is 0.941. The molecule has 0 saturated carbocycles. The summed E-state index contributed by atoms with van der Waals surface area (Å²) in [7, 11) is -2.22. The van der Waals surface area contributed by atoms with Crippen molar-refractivity contribution in [1.82, 2.24) is 9.21 Å². The number of carbonyl (C=O) groups excluding carboxylic acids is 1. The van der Waals surface area contributed by atoms with E-state index in [2.05, 4.69) is 0 Å². The van der Waals surface area contributed by atoms with Crippen molar-refractivity contribution in [2.24, 2.45) is 5.92 Å². The Hall–Kier alpha value is -1.60. The quantitative estimate of drug-likeness (QED) is 0.800. The molecule has 3 heterocycles. The molecule has 6 nitrogen and oxygen atoms in total. The van der Waals surface area contributed by atoms with Crippen molar-refractivity contribution in [3.05, 3.63) is 23.8 Å². The van der Waals surface area contributed by atoms with Crippen LogP contribution in [-0.2, 0) is 14.8 Å². The lowest BCUT2D eigenvalue weighted by molar-refractivity contribution is -0.139. The lowest BCUT2D eigenvalue weighted by Gasteiger charge is -2.35. The molecule has 7 heteroatoms. The average molecular weight is 366 g/mol. The fraction of sp³-hybridized carbons (Fsp3) is 0.611. The first-order valence-corrected chi connectivity index (χ1v) is 10.3. The van der Waals surface area contributed by atoms with E-state index in [0.717, 1.165) is 24.8 Å². The van der Waals surface area contributed by atoms with Gasteiger partial charge in [0, 0.05) is 25.7 Å². The third-order valence-electron chi connectivity index (χ3n) is 5.16. The number of piperidine rings is 1. The van der Waals surface area contributed by atoms with Crippen LogP contribution in [0.3, 0.4) is 0 Å². The molecular formula is C18H26N2O4S. The van der Waals surface area contributed by atoms with Gasteiger partial charge in [-0.2, -0.15) is 4.31 Å². The zero-order valence-corrected chi connectivity index (χ0v) is 15.9. The molecule has 0 aliphatic carbocycles. The molecule has 2 atom stereocenters. The Morgan fingerprint density at radius 3 is 2.68 bits per heavy atom. The van der Waals surface area contributed by atoms with Crippen molar-refractivity contribution in [3.63, 3.8) is 0 Å². The standard InChI is InChI=1S/C18H26N2O4S/c1-4-9-20-15-7-6-14(18(20)21)11-19(12-15)25(22,23)17-8-5-13(2)10-16(17)24-3/h5,8,10,14-15H,4,6-7,9,11-12H2,1-3H3. The van der Waals surface area contributed by atoms with Gasteiger partial charge in [0.05, 0.1) is 13.0 Å². The fourth-order valence-corrected chi connectivity index (χ4v) is 5.52. The van der Waals surface area contributed by atoms with Gasteiger partial charge in [-0.25, -0.2) is 8.42 Å². The predicted molar refractivity (Wildman–Crippen MR) is 95.0 cm³/mol. The maximum atomic E-state index is 13.2. The molecular weight excluding hydrogens is 340 g/mol. The minimum absolute atomic E-state index is 0.0302. The van der Waals surface area contributed by atoms with Crippen molar-refractivity contribution in [2.45, 2.75) is 44.0 Å². The van der Waals surface area contributed by atoms with Crippen LogP contribution in [0.25, 0.3) is 0 Å². The highest BCUT2D eigenvalue weighted by Crippen LogP contribution is 2.34. The molecule has 0 spiro atoms. The van der Waals surface area contributed by atoms with Crippen molar-refractivity contribution in [1.29, 1.82) is 0 Å². The highest BCUT2D eigenvalue weighted by atomic mass is 32.2. The van der Waals surface area contributed by atoms with E-state index in [9.17, 15) is 13.2 Å². The summed E-state index contributed by atoms with van der Waals surface area (Å²) < 4.78 is 33.3. The molecule has 1 aromatic rings. The first kappa shape index (κ1) is 18.2. The second-order valence-corrected chi connectivity index (χ2v) is 8.84. The Morgan fingerprint density at radius 1 is 1.24 bits per heavy atom. The molecule has 4 rings (SSSR count). The van der Waals surface area contributed by atoms with Gasteiger partial charge < -0.3 is 9.64 Å². The summed E-state index contributed by atoms with van der Waals surface area (Å²) in [5, 5.41) is 0. The van der Waals surface area contributed by atoms with Gasteiger partial charge in [-0.05, 0) is 43.9 Å². The van der Waals surface area contributed by atoms with E-state index in [1.165, 1.54) is 11.4 Å². The largest absolute Gasteiger partial charge is 0.495 e. The summed E-state index contributed by atoms with van der Waals surface area (Å²) in [6.07, 6.45) is 2.52. The minimum atomic E-state index is -3.70. The molecule has 3 aliphatic rings. The van der Waals surface area contributed by atoms with Gasteiger partial charge >= 0.3 is 0 Å². The molecule has 0 radical (unpaired) electrons. The molecule has 0 N–H and O–H groups in total. The summed E-state index contributed by atoms with van der Waals surface area (Å²) in [6.45, 7) is 5.25. The molecule has 0 aromatic heterocycles. The fourth-order valence-electron chi connectivity index (χ4n) is 3.86. The number of nitrogens with zero attached hydrogens (tertiary/aromatic N) is 2. The van der Waals surface area contributed by atoms with Gasteiger partial charge in [0.1, 0.15) is 10.6 Å². The Bertz CT molecular complexity index is 762. The van der Waals surface area contributed by atoms with E-state index in [4.69, 9.17) is 4.74 Å². The van der Waals surface area contributed by atoms with Crippen molar-refractivity contribution < 1.29 is 17.9 Å². The van der Waals surface area contributed by atoms with E-state index in [1.807, 2.05) is 18.7 Å². The first-order valence-electron chi connectivity index (χ1n) is 8.83. The number of hydrogen-bond donors (Lipinski definition) is 0. The summed E-state index contributed by atoms with van der Waals surface area (Å²) in [6, 6.07) is 5.07. The predicted octanol–water partition coefficient (Wildman–Crippen LogP) is 2.03. The number of sulfonamides is 1. The zero-order chi connectivity index (χ0) is 18.2. The van der Waals surface area contributed by atoms with Gasteiger partial charge in [0.2, 0.25) is 15.9 Å². The number of rotatable bonds is 5. The van der Waals surface area contributed by atoms with Crippen molar-refractivity contribution in [3.8, 4) is 5.75 Å². The topological polar surface area (TPSA) is 66.9 Å². The maximum absolute atomic E-state index is 13.2. The normalized spacial score (nSPS) is 24.4. The smallest absolute Gasteiger partial charge is 0.246 e. The number of amides is 1. The number of ether oxygens (including phenoxy) is 1. The van der Waals surface area contributed by atoms with Gasteiger partial charge in [0.25, 0.3) is 0 Å². The number of carbonyl (C=O) groups is 1. The molecule has 1 aromatic carbocycles. The van der Waals surface area contributed by atoms with Crippen LogP contribution in [0.1, 0.15) is 31.7 Å². The number of benzene rings is 1. The van der Waals surface area contributed by atoms with Crippen LogP contribution in [0.15, 0.2) is 23.1 Å². The average Bonchev–Trinajstić information content (AvgIpc) is 2.88. The van der Waals surface area contributed by atoms with Crippen LogP contribution in [0, 0.1) is 12.8 Å². The van der Waals surface area contributed by atoms with Crippen LogP contribution in [0.4, 0.5) is 0 Å². The second kappa shape index (κ2) is 6.96. The molecule has 25 heavy (non-hydrogen) atoms. The van der Waals surface area contributed by atoms with Crippen LogP contribution in [0.2, 0.25) is 0 Å². The Balaban J connectivity index is 1.95. The molecule has 3 aliphatic heterocycles. The molecule has 2 bridgehead atoms. The molecule has 1 amide bonds. The first-order chi connectivity index (χ1) is 11.9. The van der Waals surface area contributed by atoms with Gasteiger partial charge in [-0.1, -0.05) is 13.0 Å². The van der Waals surface area contributed by atoms with Crippen molar-refractivity contribution >= 4 is 15.9 Å². The van der Waals surface area contributed by atoms with Crippen molar-refractivity contribution in [2.75, 3.05) is 26.7 Å². The van der Waals surface area contributed by atoms with E-state index < -0.39 is 10.0 Å². The molecule has 2 unspecified atom stereocenters. The lowest BCUT2D eigenvalue weighted by Crippen LogP contribution is -2.48. The zero-order valence-electron chi connectivity index (χ0n) is 15.1. The van der Waals surface area contributed by atoms with Gasteiger partial charge in [-0.3, -0.25) is 4.79 Å². The van der Waals surface area contributed by atoms with E-state index in [1.54, 1.807) is 18.2 Å².